The van der Waals surface area contributed by atoms with E-state index in [0.29, 0.717) is 11.3 Å². The van der Waals surface area contributed by atoms with Crippen molar-refractivity contribution in [3.63, 3.8) is 0 Å². The molecule has 0 saturated carbocycles. The summed E-state index contributed by atoms with van der Waals surface area (Å²) in [6.07, 6.45) is -1.40. The van der Waals surface area contributed by atoms with E-state index in [9.17, 15) is 18.0 Å². The molecule has 0 saturated heterocycles. The van der Waals surface area contributed by atoms with Crippen molar-refractivity contribution in [3.05, 3.63) is 83.6 Å². The number of pyridine rings is 1. The van der Waals surface area contributed by atoms with E-state index < -0.39 is 17.6 Å². The third kappa shape index (κ3) is 3.46. The second-order valence-electron chi connectivity index (χ2n) is 6.14. The second kappa shape index (κ2) is 6.84. The normalized spacial score (nSPS) is 13.0. The van der Waals surface area contributed by atoms with Crippen LogP contribution in [0.5, 0.6) is 0 Å². The fourth-order valence-corrected chi connectivity index (χ4v) is 2.93. The lowest BCUT2D eigenvalue weighted by molar-refractivity contribution is -0.137. The van der Waals surface area contributed by atoms with E-state index in [1.807, 2.05) is 30.3 Å². The highest BCUT2D eigenvalue weighted by atomic mass is 19.4. The molecule has 0 unspecified atom stereocenters. The first-order valence-corrected chi connectivity index (χ1v) is 8.38. The largest absolute Gasteiger partial charge is 0.416 e. The van der Waals surface area contributed by atoms with Gasteiger partial charge in [0.2, 0.25) is 0 Å². The number of carbonyl (C=O) groups excluding carboxylic acids is 1. The van der Waals surface area contributed by atoms with Gasteiger partial charge >= 0.3 is 6.18 Å². The standard InChI is InChI=1S/C21H13F3N3O/c22-21(23,24)15-7-4-8-16(12-15)26-19-18-14(9-10-25-20(18)28)11-17(27-19)13-5-2-1-3-6-13/h1-12H,(H,26,27). The monoisotopic (exact) mass is 380 g/mol. The second-order valence-corrected chi connectivity index (χ2v) is 6.14. The SMILES string of the molecule is O=C1[N]C=Cc2cc(-c3ccccc3)nc(Nc3cccc(C(F)(F)F)c3)c21. The minimum Gasteiger partial charge on any atom is -0.340 e. The van der Waals surface area contributed by atoms with Crippen LogP contribution in [0.3, 0.4) is 0 Å². The zero-order valence-electron chi connectivity index (χ0n) is 14.4. The molecular formula is C21H13F3N3O. The zero-order valence-corrected chi connectivity index (χ0v) is 14.4. The summed E-state index contributed by atoms with van der Waals surface area (Å²) in [5.41, 5.74) is 1.62. The lowest BCUT2D eigenvalue weighted by atomic mass is 10.0. The van der Waals surface area contributed by atoms with Gasteiger partial charge in [0.15, 0.2) is 0 Å². The van der Waals surface area contributed by atoms with Gasteiger partial charge in [0, 0.05) is 17.5 Å². The summed E-state index contributed by atoms with van der Waals surface area (Å²) in [4.78, 5) is 16.8. The number of hydrogen-bond donors (Lipinski definition) is 1. The molecule has 1 amide bonds. The van der Waals surface area contributed by atoms with Crippen LogP contribution in [0.4, 0.5) is 24.7 Å². The Kier molecular flexibility index (Phi) is 4.35. The molecule has 0 fully saturated rings. The topological polar surface area (TPSA) is 56.1 Å². The first-order valence-electron chi connectivity index (χ1n) is 8.38. The number of amides is 1. The van der Waals surface area contributed by atoms with E-state index in [1.165, 1.54) is 18.3 Å². The molecule has 1 aliphatic rings. The van der Waals surface area contributed by atoms with Crippen molar-refractivity contribution in [2.45, 2.75) is 6.18 Å². The summed E-state index contributed by atoms with van der Waals surface area (Å²) in [6, 6.07) is 15.8. The molecular weight excluding hydrogens is 367 g/mol. The van der Waals surface area contributed by atoms with Crippen LogP contribution >= 0.6 is 0 Å². The van der Waals surface area contributed by atoms with E-state index in [2.05, 4.69) is 15.6 Å². The summed E-state index contributed by atoms with van der Waals surface area (Å²) in [7, 11) is 0. The Morgan fingerprint density at radius 3 is 2.46 bits per heavy atom. The van der Waals surface area contributed by atoms with Crippen LogP contribution in [0.1, 0.15) is 21.5 Å². The molecule has 3 aromatic rings. The molecule has 4 nitrogen and oxygen atoms in total. The number of hydrogen-bond acceptors (Lipinski definition) is 3. The molecule has 7 heteroatoms. The Morgan fingerprint density at radius 2 is 1.71 bits per heavy atom. The number of benzene rings is 2. The quantitative estimate of drug-likeness (QED) is 0.676. The summed E-state index contributed by atoms with van der Waals surface area (Å²) < 4.78 is 39.0. The van der Waals surface area contributed by atoms with Crippen LogP contribution in [-0.2, 0) is 6.18 Å². The molecule has 1 aromatic heterocycles. The average molecular weight is 380 g/mol. The van der Waals surface area contributed by atoms with E-state index in [-0.39, 0.29) is 17.1 Å². The molecule has 0 aliphatic carbocycles. The smallest absolute Gasteiger partial charge is 0.340 e. The van der Waals surface area contributed by atoms with Gasteiger partial charge in [-0.1, -0.05) is 36.4 Å². The van der Waals surface area contributed by atoms with E-state index >= 15 is 0 Å². The maximum absolute atomic E-state index is 13.0. The first-order chi connectivity index (χ1) is 13.4. The third-order valence-corrected chi connectivity index (χ3v) is 4.23. The van der Waals surface area contributed by atoms with Gasteiger partial charge in [-0.15, -0.1) is 0 Å². The predicted molar refractivity (Wildman–Crippen MR) is 99.9 cm³/mol. The summed E-state index contributed by atoms with van der Waals surface area (Å²) >= 11 is 0. The van der Waals surface area contributed by atoms with Gasteiger partial charge in [-0.3, -0.25) is 4.79 Å². The maximum atomic E-state index is 13.0. The molecule has 0 spiro atoms. The number of alkyl halides is 3. The molecule has 1 radical (unpaired) electrons. The molecule has 2 aromatic carbocycles. The van der Waals surface area contributed by atoms with Crippen LogP contribution in [0, 0.1) is 0 Å². The minimum atomic E-state index is -4.47. The highest BCUT2D eigenvalue weighted by molar-refractivity contribution is 6.05. The van der Waals surface area contributed by atoms with Crippen molar-refractivity contribution < 1.29 is 18.0 Å². The molecule has 4 rings (SSSR count). The number of anilines is 2. The fourth-order valence-electron chi connectivity index (χ4n) is 2.93. The Morgan fingerprint density at radius 1 is 0.929 bits per heavy atom. The van der Waals surface area contributed by atoms with Gasteiger partial charge in [0.1, 0.15) is 5.82 Å². The van der Waals surface area contributed by atoms with Crippen molar-refractivity contribution in [1.82, 2.24) is 10.3 Å². The number of aromatic nitrogens is 1. The molecule has 139 valence electrons. The summed E-state index contributed by atoms with van der Waals surface area (Å²) in [5.74, 6) is -0.340. The lowest BCUT2D eigenvalue weighted by Gasteiger charge is -2.17. The van der Waals surface area contributed by atoms with Crippen molar-refractivity contribution >= 4 is 23.5 Å². The van der Waals surface area contributed by atoms with Gasteiger partial charge in [-0.25, -0.2) is 10.3 Å². The van der Waals surface area contributed by atoms with E-state index in [4.69, 9.17) is 0 Å². The summed E-state index contributed by atoms with van der Waals surface area (Å²) in [5, 5.41) is 6.61. The molecule has 0 atom stereocenters. The number of nitrogens with one attached hydrogen (secondary N) is 1. The van der Waals surface area contributed by atoms with Gasteiger partial charge in [0.25, 0.3) is 5.91 Å². The molecule has 2 heterocycles. The molecule has 1 N–H and O–H groups in total. The van der Waals surface area contributed by atoms with E-state index in [1.54, 1.807) is 12.1 Å². The fraction of sp³-hybridized carbons (Fsp3) is 0.0476. The number of fused-ring (bicyclic) bond motifs is 1. The van der Waals surface area contributed by atoms with Crippen LogP contribution in [0.25, 0.3) is 17.3 Å². The maximum Gasteiger partial charge on any atom is 0.416 e. The first kappa shape index (κ1) is 17.8. The van der Waals surface area contributed by atoms with Gasteiger partial charge < -0.3 is 5.32 Å². The van der Waals surface area contributed by atoms with Crippen molar-refractivity contribution in [2.24, 2.45) is 0 Å². The minimum absolute atomic E-state index is 0.161. The summed E-state index contributed by atoms with van der Waals surface area (Å²) in [6.45, 7) is 0. The van der Waals surface area contributed by atoms with Gasteiger partial charge in [-0.2, -0.15) is 13.2 Å². The van der Waals surface area contributed by atoms with Crippen LogP contribution in [-0.4, -0.2) is 10.9 Å². The van der Waals surface area contributed by atoms with Crippen molar-refractivity contribution in [1.29, 1.82) is 0 Å². The van der Waals surface area contributed by atoms with Crippen molar-refractivity contribution in [3.8, 4) is 11.3 Å². The lowest BCUT2D eigenvalue weighted by Crippen LogP contribution is -2.18. The highest BCUT2D eigenvalue weighted by Crippen LogP contribution is 2.33. The average Bonchev–Trinajstić information content (AvgIpc) is 2.68. The predicted octanol–water partition coefficient (Wildman–Crippen LogP) is 5.24. The van der Waals surface area contributed by atoms with Crippen LogP contribution in [0.15, 0.2) is 66.9 Å². The van der Waals surface area contributed by atoms with Gasteiger partial charge in [-0.05, 0) is 35.9 Å². The number of halogens is 3. The van der Waals surface area contributed by atoms with E-state index in [0.717, 1.165) is 17.7 Å². The molecule has 0 bridgehead atoms. The Balaban J connectivity index is 1.82. The number of carbonyl (C=O) groups is 1. The molecule has 28 heavy (non-hydrogen) atoms. The van der Waals surface area contributed by atoms with Gasteiger partial charge in [0.05, 0.1) is 16.8 Å². The number of nitrogens with zero attached hydrogens (tertiary/aromatic N) is 2. The zero-order chi connectivity index (χ0) is 19.7. The van der Waals surface area contributed by atoms with Crippen molar-refractivity contribution in [2.75, 3.05) is 5.32 Å². The van der Waals surface area contributed by atoms with Crippen LogP contribution in [0.2, 0.25) is 0 Å². The van der Waals surface area contributed by atoms with Crippen LogP contribution < -0.4 is 10.6 Å². The third-order valence-electron chi connectivity index (χ3n) is 4.23. The molecule has 1 aliphatic heterocycles. The number of rotatable bonds is 3. The highest BCUT2D eigenvalue weighted by Gasteiger charge is 2.30. The Labute approximate surface area is 158 Å². The Hall–Kier alpha value is -3.61. The Bertz CT molecular complexity index is 1080.